The lowest BCUT2D eigenvalue weighted by Gasteiger charge is -2.13. The number of nitrogens with zero attached hydrogens (tertiary/aromatic N) is 2. The van der Waals surface area contributed by atoms with E-state index in [0.717, 1.165) is 11.1 Å². The van der Waals surface area contributed by atoms with E-state index in [1.54, 1.807) is 25.3 Å². The SMILES string of the molecule is COc1ccc(/C=N\NC(=O)c2cc(-c3ccc(C)cc3)n[nH]2)c(OC)c1OC. The second-order valence-corrected chi connectivity index (χ2v) is 6.16. The summed E-state index contributed by atoms with van der Waals surface area (Å²) in [5.41, 5.74) is 6.15. The van der Waals surface area contributed by atoms with Crippen molar-refractivity contribution in [2.45, 2.75) is 6.92 Å². The first kappa shape index (κ1) is 19.9. The minimum absolute atomic E-state index is 0.303. The summed E-state index contributed by atoms with van der Waals surface area (Å²) in [6.45, 7) is 2.01. The molecular formula is C21H22N4O4. The number of aromatic amines is 1. The molecule has 1 heterocycles. The molecule has 8 nitrogen and oxygen atoms in total. The Bertz CT molecular complexity index is 1030. The van der Waals surface area contributed by atoms with Crippen LogP contribution in [0.1, 0.15) is 21.6 Å². The van der Waals surface area contributed by atoms with Gasteiger partial charge in [0, 0.05) is 11.1 Å². The van der Waals surface area contributed by atoms with Crippen molar-refractivity contribution < 1.29 is 19.0 Å². The van der Waals surface area contributed by atoms with Crippen LogP contribution in [-0.2, 0) is 0 Å². The van der Waals surface area contributed by atoms with Gasteiger partial charge in [-0.25, -0.2) is 5.43 Å². The molecule has 0 saturated heterocycles. The molecule has 1 aromatic heterocycles. The van der Waals surface area contributed by atoms with Crippen LogP contribution >= 0.6 is 0 Å². The van der Waals surface area contributed by atoms with E-state index in [2.05, 4.69) is 20.7 Å². The first-order valence-electron chi connectivity index (χ1n) is 8.82. The first-order chi connectivity index (χ1) is 14.1. The highest BCUT2D eigenvalue weighted by atomic mass is 16.5. The molecule has 1 amide bonds. The molecule has 3 aromatic rings. The van der Waals surface area contributed by atoms with Crippen molar-refractivity contribution in [1.82, 2.24) is 15.6 Å². The van der Waals surface area contributed by atoms with Gasteiger partial charge in [-0.1, -0.05) is 29.8 Å². The Morgan fingerprint density at radius 3 is 2.41 bits per heavy atom. The lowest BCUT2D eigenvalue weighted by atomic mass is 10.1. The molecule has 2 aromatic carbocycles. The molecule has 0 radical (unpaired) electrons. The van der Waals surface area contributed by atoms with Crippen molar-refractivity contribution in [1.29, 1.82) is 0 Å². The van der Waals surface area contributed by atoms with Crippen molar-refractivity contribution in [3.63, 3.8) is 0 Å². The van der Waals surface area contributed by atoms with Gasteiger partial charge in [0.15, 0.2) is 11.5 Å². The zero-order valence-electron chi connectivity index (χ0n) is 16.6. The maximum Gasteiger partial charge on any atom is 0.289 e. The topological polar surface area (TPSA) is 97.8 Å². The lowest BCUT2D eigenvalue weighted by Crippen LogP contribution is -2.18. The fraction of sp³-hybridized carbons (Fsp3) is 0.190. The molecule has 0 atom stereocenters. The van der Waals surface area contributed by atoms with E-state index in [9.17, 15) is 4.79 Å². The number of benzene rings is 2. The number of hydrogen-bond acceptors (Lipinski definition) is 6. The van der Waals surface area contributed by atoms with Gasteiger partial charge in [-0.2, -0.15) is 10.2 Å². The number of H-pyrrole nitrogens is 1. The molecule has 0 saturated carbocycles. The summed E-state index contributed by atoms with van der Waals surface area (Å²) in [5.74, 6) is 1.02. The summed E-state index contributed by atoms with van der Waals surface area (Å²) in [7, 11) is 4.58. The molecule has 0 aliphatic heterocycles. The Kier molecular flexibility index (Phi) is 6.13. The van der Waals surface area contributed by atoms with Crippen LogP contribution in [0.15, 0.2) is 47.6 Å². The van der Waals surface area contributed by atoms with Crippen LogP contribution in [-0.4, -0.2) is 43.6 Å². The third-order valence-electron chi connectivity index (χ3n) is 4.27. The lowest BCUT2D eigenvalue weighted by molar-refractivity contribution is 0.0950. The number of hydrazone groups is 1. The van der Waals surface area contributed by atoms with Crippen LogP contribution in [0.25, 0.3) is 11.3 Å². The van der Waals surface area contributed by atoms with Crippen LogP contribution in [0.3, 0.4) is 0 Å². The zero-order chi connectivity index (χ0) is 20.8. The van der Waals surface area contributed by atoms with Crippen LogP contribution < -0.4 is 19.6 Å². The number of carbonyl (C=O) groups excluding carboxylic acids is 1. The number of rotatable bonds is 7. The molecule has 0 spiro atoms. The summed E-state index contributed by atoms with van der Waals surface area (Å²) in [4.78, 5) is 12.3. The molecule has 2 N–H and O–H groups in total. The van der Waals surface area contributed by atoms with Crippen LogP contribution in [0.5, 0.6) is 17.2 Å². The quantitative estimate of drug-likeness (QED) is 0.474. The average molecular weight is 394 g/mol. The summed E-state index contributed by atoms with van der Waals surface area (Å²) in [6, 6.07) is 13.0. The second kappa shape index (κ2) is 8.92. The normalized spacial score (nSPS) is 10.8. The van der Waals surface area contributed by atoms with Crippen molar-refractivity contribution in [3.05, 3.63) is 59.3 Å². The van der Waals surface area contributed by atoms with Crippen LogP contribution in [0.2, 0.25) is 0 Å². The van der Waals surface area contributed by atoms with Gasteiger partial charge in [0.25, 0.3) is 5.91 Å². The molecule has 150 valence electrons. The molecular weight excluding hydrogens is 372 g/mol. The second-order valence-electron chi connectivity index (χ2n) is 6.16. The van der Waals surface area contributed by atoms with Crippen molar-refractivity contribution in [2.75, 3.05) is 21.3 Å². The van der Waals surface area contributed by atoms with Crippen molar-refractivity contribution in [2.24, 2.45) is 5.10 Å². The fourth-order valence-electron chi connectivity index (χ4n) is 2.76. The minimum atomic E-state index is -0.411. The molecule has 0 aliphatic rings. The number of aryl methyl sites for hydroxylation is 1. The number of carbonyl (C=O) groups is 1. The van der Waals surface area contributed by atoms with E-state index in [4.69, 9.17) is 14.2 Å². The largest absolute Gasteiger partial charge is 0.493 e. The van der Waals surface area contributed by atoms with E-state index in [1.165, 1.54) is 20.4 Å². The number of methoxy groups -OCH3 is 3. The number of amides is 1. The molecule has 8 heteroatoms. The Balaban J connectivity index is 1.73. The van der Waals surface area contributed by atoms with E-state index in [0.29, 0.717) is 34.2 Å². The molecule has 0 fully saturated rings. The minimum Gasteiger partial charge on any atom is -0.493 e. The van der Waals surface area contributed by atoms with E-state index >= 15 is 0 Å². The maximum atomic E-state index is 12.3. The van der Waals surface area contributed by atoms with Crippen molar-refractivity contribution in [3.8, 4) is 28.5 Å². The van der Waals surface area contributed by atoms with Crippen molar-refractivity contribution >= 4 is 12.1 Å². The number of hydrogen-bond donors (Lipinski definition) is 2. The Hall–Kier alpha value is -3.81. The standard InChI is InChI=1S/C21H22N4O4/c1-13-5-7-14(8-6-13)16-11-17(24-23-16)21(26)25-22-12-15-9-10-18(27-2)20(29-4)19(15)28-3/h5-12H,1-4H3,(H,23,24)(H,25,26)/b22-12-. The van der Waals surface area contributed by atoms with Crippen LogP contribution in [0.4, 0.5) is 0 Å². The molecule has 29 heavy (non-hydrogen) atoms. The van der Waals surface area contributed by atoms with Gasteiger partial charge >= 0.3 is 0 Å². The highest BCUT2D eigenvalue weighted by Gasteiger charge is 2.15. The molecule has 0 unspecified atom stereocenters. The molecule has 3 rings (SSSR count). The Morgan fingerprint density at radius 2 is 1.76 bits per heavy atom. The summed E-state index contributed by atoms with van der Waals surface area (Å²) >= 11 is 0. The van der Waals surface area contributed by atoms with Gasteiger partial charge in [-0.15, -0.1) is 0 Å². The smallest absolute Gasteiger partial charge is 0.289 e. The summed E-state index contributed by atoms with van der Waals surface area (Å²) < 4.78 is 16.0. The number of ether oxygens (including phenoxy) is 3. The summed E-state index contributed by atoms with van der Waals surface area (Å²) in [6.07, 6.45) is 1.47. The van der Waals surface area contributed by atoms with Gasteiger partial charge in [0.1, 0.15) is 5.69 Å². The van der Waals surface area contributed by atoms with Gasteiger partial charge in [0.05, 0.1) is 33.2 Å². The third-order valence-corrected chi connectivity index (χ3v) is 4.27. The third kappa shape index (κ3) is 4.37. The Morgan fingerprint density at radius 1 is 1.03 bits per heavy atom. The van der Waals surface area contributed by atoms with Crippen LogP contribution in [0, 0.1) is 6.92 Å². The Labute approximate surface area is 168 Å². The van der Waals surface area contributed by atoms with E-state index in [-0.39, 0.29) is 0 Å². The van der Waals surface area contributed by atoms with Gasteiger partial charge in [-0.3, -0.25) is 9.89 Å². The van der Waals surface area contributed by atoms with Gasteiger partial charge in [0.2, 0.25) is 5.75 Å². The van der Waals surface area contributed by atoms with E-state index < -0.39 is 5.91 Å². The maximum absolute atomic E-state index is 12.3. The predicted molar refractivity (Wildman–Crippen MR) is 110 cm³/mol. The molecule has 0 bridgehead atoms. The van der Waals surface area contributed by atoms with Gasteiger partial charge in [-0.05, 0) is 25.1 Å². The monoisotopic (exact) mass is 394 g/mol. The number of nitrogens with one attached hydrogen (secondary N) is 2. The first-order valence-corrected chi connectivity index (χ1v) is 8.82. The molecule has 0 aliphatic carbocycles. The zero-order valence-corrected chi connectivity index (χ0v) is 16.6. The fourth-order valence-corrected chi connectivity index (χ4v) is 2.76. The van der Waals surface area contributed by atoms with Gasteiger partial charge < -0.3 is 14.2 Å². The summed E-state index contributed by atoms with van der Waals surface area (Å²) in [5, 5.41) is 10.9. The average Bonchev–Trinajstić information content (AvgIpc) is 3.24. The number of aromatic nitrogens is 2. The highest BCUT2D eigenvalue weighted by Crippen LogP contribution is 2.38. The van der Waals surface area contributed by atoms with E-state index in [1.807, 2.05) is 31.2 Å². The highest BCUT2D eigenvalue weighted by molar-refractivity contribution is 5.94. The predicted octanol–water partition coefficient (Wildman–Crippen LogP) is 3.17.